The van der Waals surface area contributed by atoms with E-state index in [9.17, 15) is 4.79 Å². The molecule has 0 radical (unpaired) electrons. The number of ether oxygens (including phenoxy) is 3. The molecule has 6 nitrogen and oxygen atoms in total. The number of nitrogens with one attached hydrogen (secondary N) is 1. The van der Waals surface area contributed by atoms with Gasteiger partial charge < -0.3 is 19.5 Å². The van der Waals surface area contributed by atoms with E-state index < -0.39 is 5.60 Å². The molecule has 3 fully saturated rings. The summed E-state index contributed by atoms with van der Waals surface area (Å²) in [5, 5.41) is 3.30. The molecule has 6 heteroatoms. The summed E-state index contributed by atoms with van der Waals surface area (Å²) in [6.45, 7) is 2.85. The van der Waals surface area contributed by atoms with Gasteiger partial charge in [0.15, 0.2) is 11.5 Å². The van der Waals surface area contributed by atoms with E-state index in [1.165, 1.54) is 36.1 Å². The zero-order valence-electron chi connectivity index (χ0n) is 22.9. The van der Waals surface area contributed by atoms with Gasteiger partial charge in [-0.25, -0.2) is 0 Å². The van der Waals surface area contributed by atoms with Crippen LogP contribution in [-0.2, 0) is 27.8 Å². The number of amides is 1. The summed E-state index contributed by atoms with van der Waals surface area (Å²) in [7, 11) is 3.49. The minimum atomic E-state index is -0.819. The number of rotatable bonds is 8. The van der Waals surface area contributed by atoms with Crippen molar-refractivity contribution in [2.75, 3.05) is 33.9 Å². The normalized spacial score (nSPS) is 36.8. The first-order valence-electron chi connectivity index (χ1n) is 14.7. The van der Waals surface area contributed by atoms with E-state index in [1.54, 1.807) is 14.2 Å². The molecule has 2 aromatic rings. The number of nitrogens with zero attached hydrogens (tertiary/aromatic N) is 1. The quantitative estimate of drug-likeness (QED) is 0.526. The lowest BCUT2D eigenvalue weighted by atomic mass is 9.37. The molecule has 5 aliphatic carbocycles. The van der Waals surface area contributed by atoms with Gasteiger partial charge in [-0.2, -0.15) is 0 Å². The first-order valence-corrected chi connectivity index (χ1v) is 14.7. The van der Waals surface area contributed by atoms with Crippen molar-refractivity contribution in [1.29, 1.82) is 0 Å². The highest BCUT2D eigenvalue weighted by Crippen LogP contribution is 2.74. The predicted molar refractivity (Wildman–Crippen MR) is 148 cm³/mol. The number of fused-ring (bicyclic) bond motifs is 1. The van der Waals surface area contributed by atoms with Crippen LogP contribution in [0.1, 0.15) is 42.4 Å². The van der Waals surface area contributed by atoms with E-state index in [0.717, 1.165) is 49.6 Å². The van der Waals surface area contributed by atoms with Crippen LogP contribution in [0.5, 0.6) is 11.5 Å². The zero-order valence-corrected chi connectivity index (χ0v) is 22.9. The van der Waals surface area contributed by atoms with Crippen LogP contribution >= 0.6 is 0 Å². The van der Waals surface area contributed by atoms with Gasteiger partial charge in [-0.15, -0.1) is 0 Å². The highest BCUT2D eigenvalue weighted by molar-refractivity contribution is 5.83. The van der Waals surface area contributed by atoms with E-state index in [0.29, 0.717) is 12.6 Å². The van der Waals surface area contributed by atoms with Crippen molar-refractivity contribution in [3.63, 3.8) is 0 Å². The Labute approximate surface area is 230 Å². The molecule has 6 atom stereocenters. The van der Waals surface area contributed by atoms with Crippen LogP contribution < -0.4 is 14.8 Å². The monoisotopic (exact) mass is 526 g/mol. The fourth-order valence-corrected chi connectivity index (χ4v) is 9.32. The van der Waals surface area contributed by atoms with Crippen LogP contribution in [0.3, 0.4) is 0 Å². The Kier molecular flexibility index (Phi) is 5.13. The van der Waals surface area contributed by atoms with Gasteiger partial charge in [0.05, 0.1) is 18.4 Å². The molecule has 0 aromatic heterocycles. The summed E-state index contributed by atoms with van der Waals surface area (Å²) in [6.07, 6.45) is 10.7. The lowest BCUT2D eigenvalue weighted by Crippen LogP contribution is -2.80. The number of benzene rings is 2. The number of hydrogen-bond acceptors (Lipinski definition) is 5. The Bertz CT molecular complexity index is 1350. The standard InChI is InChI=1S/C33H38N2O4/c1-37-25-11-10-23-18-26-31-13-14-33(38-2,24(19-31)29(36)34-16-12-21-6-4-3-5-7-21)30-32(31,27(23)28(25)39-30)15-17-35(26)20-22-8-9-22/h3-7,10-11,13-14,22,24,26,30H,8-9,12,15-20H2,1-2H3,(H,34,36)/t24-,26+,30?,31-,32+,33?/m1/s1. The summed E-state index contributed by atoms with van der Waals surface area (Å²) in [5.41, 5.74) is 2.76. The van der Waals surface area contributed by atoms with Crippen LogP contribution in [0.25, 0.3) is 0 Å². The number of likely N-dealkylation sites (tertiary alicyclic amines) is 1. The Balaban J connectivity index is 1.21. The molecule has 7 aliphatic rings. The zero-order chi connectivity index (χ0) is 26.4. The van der Waals surface area contributed by atoms with Gasteiger partial charge in [-0.1, -0.05) is 48.6 Å². The Hall–Kier alpha value is -2.83. The van der Waals surface area contributed by atoms with Crippen LogP contribution in [0.2, 0.25) is 0 Å². The maximum atomic E-state index is 14.1. The second-order valence-corrected chi connectivity index (χ2v) is 12.7. The van der Waals surface area contributed by atoms with Crippen LogP contribution in [0.15, 0.2) is 54.6 Å². The lowest BCUT2D eigenvalue weighted by Gasteiger charge is -2.71. The summed E-state index contributed by atoms with van der Waals surface area (Å²) in [5.74, 6) is 2.27. The van der Waals surface area contributed by atoms with Crippen molar-refractivity contribution in [2.45, 2.75) is 61.7 Å². The first kappa shape index (κ1) is 24.0. The van der Waals surface area contributed by atoms with E-state index in [-0.39, 0.29) is 28.8 Å². The van der Waals surface area contributed by atoms with E-state index in [2.05, 4.69) is 46.6 Å². The topological polar surface area (TPSA) is 60.0 Å². The van der Waals surface area contributed by atoms with Gasteiger partial charge >= 0.3 is 0 Å². The number of carbonyl (C=O) groups excluding carboxylic acids is 1. The highest BCUT2D eigenvalue weighted by atomic mass is 16.6. The van der Waals surface area contributed by atoms with Crippen LogP contribution in [0.4, 0.5) is 0 Å². The molecular formula is C33H38N2O4. The SMILES string of the molecule is COc1ccc2c3c1OC1C4(OC)C=C[C@@]5(C[C@@H]4C(=O)NCCc4ccccc4)[C@H](C2)N(CC2CC2)CC[C@]315. The van der Waals surface area contributed by atoms with E-state index in [1.807, 2.05) is 18.2 Å². The van der Waals surface area contributed by atoms with Gasteiger partial charge in [0.1, 0.15) is 11.7 Å². The third kappa shape index (κ3) is 3.02. The molecule has 2 aromatic carbocycles. The van der Waals surface area contributed by atoms with Gasteiger partial charge in [-0.3, -0.25) is 9.69 Å². The summed E-state index contributed by atoms with van der Waals surface area (Å²) in [6, 6.07) is 15.1. The Morgan fingerprint density at radius 2 is 1.97 bits per heavy atom. The number of hydrogen-bond donors (Lipinski definition) is 1. The Morgan fingerprint density at radius 1 is 1.13 bits per heavy atom. The second kappa shape index (κ2) is 8.34. The smallest absolute Gasteiger partial charge is 0.226 e. The number of methoxy groups -OCH3 is 2. The van der Waals surface area contributed by atoms with E-state index >= 15 is 0 Å². The molecule has 204 valence electrons. The molecule has 2 aliphatic heterocycles. The summed E-state index contributed by atoms with van der Waals surface area (Å²) >= 11 is 0. The van der Waals surface area contributed by atoms with Crippen molar-refractivity contribution in [2.24, 2.45) is 17.3 Å². The largest absolute Gasteiger partial charge is 0.493 e. The highest BCUT2D eigenvalue weighted by Gasteiger charge is 2.80. The predicted octanol–water partition coefficient (Wildman–Crippen LogP) is 4.05. The molecule has 2 heterocycles. The minimum absolute atomic E-state index is 0.0792. The molecule has 1 amide bonds. The van der Waals surface area contributed by atoms with Gasteiger partial charge in [-0.05, 0) is 68.2 Å². The summed E-state index contributed by atoms with van der Waals surface area (Å²) in [4.78, 5) is 16.8. The van der Waals surface area contributed by atoms with Crippen molar-refractivity contribution >= 4 is 5.91 Å². The molecule has 39 heavy (non-hydrogen) atoms. The average Bonchev–Trinajstić information content (AvgIpc) is 3.71. The fourth-order valence-electron chi connectivity index (χ4n) is 9.32. The molecule has 1 saturated heterocycles. The van der Waals surface area contributed by atoms with Crippen molar-refractivity contribution in [3.8, 4) is 11.5 Å². The second-order valence-electron chi connectivity index (χ2n) is 12.7. The third-order valence-corrected chi connectivity index (χ3v) is 11.2. The average molecular weight is 527 g/mol. The van der Waals surface area contributed by atoms with E-state index in [4.69, 9.17) is 14.2 Å². The van der Waals surface area contributed by atoms with Crippen molar-refractivity contribution < 1.29 is 19.0 Å². The molecule has 4 bridgehead atoms. The van der Waals surface area contributed by atoms with Crippen LogP contribution in [0, 0.1) is 17.3 Å². The van der Waals surface area contributed by atoms with Gasteiger partial charge in [0.2, 0.25) is 5.91 Å². The van der Waals surface area contributed by atoms with Crippen molar-refractivity contribution in [3.05, 3.63) is 71.3 Å². The molecular weight excluding hydrogens is 488 g/mol. The lowest BCUT2D eigenvalue weighted by molar-refractivity contribution is -0.215. The minimum Gasteiger partial charge on any atom is -0.493 e. The molecule has 2 spiro atoms. The van der Waals surface area contributed by atoms with Crippen LogP contribution in [-0.4, -0.2) is 62.4 Å². The Morgan fingerprint density at radius 3 is 2.74 bits per heavy atom. The fraction of sp³-hybridized carbons (Fsp3) is 0.545. The molecule has 2 unspecified atom stereocenters. The molecule has 9 rings (SSSR count). The number of carbonyl (C=O) groups is 1. The third-order valence-electron chi connectivity index (χ3n) is 11.2. The molecule has 2 saturated carbocycles. The molecule has 1 N–H and O–H groups in total. The summed E-state index contributed by atoms with van der Waals surface area (Å²) < 4.78 is 19.3. The first-order chi connectivity index (χ1) is 19.1. The van der Waals surface area contributed by atoms with Gasteiger partial charge in [0.25, 0.3) is 0 Å². The van der Waals surface area contributed by atoms with Crippen molar-refractivity contribution in [1.82, 2.24) is 10.2 Å². The maximum Gasteiger partial charge on any atom is 0.226 e. The van der Waals surface area contributed by atoms with Gasteiger partial charge in [0, 0.05) is 37.2 Å². The number of piperidine rings is 1. The maximum absolute atomic E-state index is 14.1.